The molecule has 0 saturated carbocycles. The molecule has 1 heterocycles. The van der Waals surface area contributed by atoms with E-state index in [4.69, 9.17) is 27.8 Å². The van der Waals surface area contributed by atoms with Gasteiger partial charge in [-0.05, 0) is 19.8 Å². The zero-order valence-corrected chi connectivity index (χ0v) is 14.1. The maximum atomic E-state index is 10.8. The number of H-pyrrole nitrogens is 1. The number of imidazole rings is 1. The standard InChI is InChI=1S/C13H16Cl2N2O3S/c1-3-17-8(2)16-11-7-10(14)12(15)9(13(11)17)5-4-6-21(18,19)20/h7H,3-6H2,1-2H3,(H,18,19,20)/p+1. The second-order valence-electron chi connectivity index (χ2n) is 4.89. The molecule has 0 aliphatic rings. The van der Waals surface area contributed by atoms with Gasteiger partial charge in [0.2, 0.25) is 0 Å². The number of hydrogen-bond donors (Lipinski definition) is 2. The molecule has 0 aliphatic carbocycles. The van der Waals surface area contributed by atoms with Gasteiger partial charge in [0.15, 0.2) is 11.0 Å². The molecule has 0 atom stereocenters. The van der Waals surface area contributed by atoms with E-state index in [0.29, 0.717) is 16.5 Å². The first-order chi connectivity index (χ1) is 9.74. The Bertz CT molecular complexity index is 785. The summed E-state index contributed by atoms with van der Waals surface area (Å²) in [6, 6.07) is 1.77. The summed E-state index contributed by atoms with van der Waals surface area (Å²) >= 11 is 12.4. The van der Waals surface area contributed by atoms with Crippen molar-refractivity contribution in [1.82, 2.24) is 4.98 Å². The highest BCUT2D eigenvalue weighted by atomic mass is 35.5. The molecule has 0 bridgehead atoms. The van der Waals surface area contributed by atoms with Crippen LogP contribution in [0.25, 0.3) is 11.0 Å². The van der Waals surface area contributed by atoms with Crippen molar-refractivity contribution in [2.75, 3.05) is 5.75 Å². The Labute approximate surface area is 133 Å². The normalized spacial score (nSPS) is 12.2. The minimum absolute atomic E-state index is 0.280. The summed E-state index contributed by atoms with van der Waals surface area (Å²) in [7, 11) is -3.97. The SMILES string of the molecule is CC[n+]1c(C)[nH]c2cc(Cl)c(Cl)c(CCCS(=O)(=O)O)c21. The van der Waals surface area contributed by atoms with Crippen LogP contribution < -0.4 is 4.57 Å². The van der Waals surface area contributed by atoms with Gasteiger partial charge in [-0.2, -0.15) is 8.42 Å². The van der Waals surface area contributed by atoms with Crippen LogP contribution >= 0.6 is 23.2 Å². The van der Waals surface area contributed by atoms with E-state index in [2.05, 4.69) is 9.55 Å². The van der Waals surface area contributed by atoms with E-state index < -0.39 is 10.1 Å². The number of nitrogens with zero attached hydrogens (tertiary/aromatic N) is 1. The lowest BCUT2D eigenvalue weighted by molar-refractivity contribution is -0.674. The van der Waals surface area contributed by atoms with Gasteiger partial charge >= 0.3 is 0 Å². The maximum absolute atomic E-state index is 10.8. The molecule has 0 aliphatic heterocycles. The molecule has 2 rings (SSSR count). The maximum Gasteiger partial charge on any atom is 0.264 e. The molecule has 2 aromatic rings. The Kier molecular flexibility index (Phi) is 4.82. The fourth-order valence-electron chi connectivity index (χ4n) is 2.56. The van der Waals surface area contributed by atoms with E-state index in [0.717, 1.165) is 29.0 Å². The second-order valence-corrected chi connectivity index (χ2v) is 7.25. The smallest absolute Gasteiger partial charge is 0.264 e. The van der Waals surface area contributed by atoms with Gasteiger partial charge in [-0.1, -0.05) is 23.2 Å². The van der Waals surface area contributed by atoms with Gasteiger partial charge in [0.1, 0.15) is 0 Å². The van der Waals surface area contributed by atoms with Crippen molar-refractivity contribution >= 4 is 44.4 Å². The average Bonchev–Trinajstić information content (AvgIpc) is 2.67. The zero-order chi connectivity index (χ0) is 15.8. The number of hydrogen-bond acceptors (Lipinski definition) is 2. The number of halogens is 2. The molecule has 1 aromatic carbocycles. The van der Waals surface area contributed by atoms with Crippen molar-refractivity contribution in [2.45, 2.75) is 33.2 Å². The van der Waals surface area contributed by atoms with Crippen molar-refractivity contribution in [2.24, 2.45) is 0 Å². The Balaban J connectivity index is 2.51. The van der Waals surface area contributed by atoms with Crippen LogP contribution in [0.15, 0.2) is 6.07 Å². The molecule has 2 N–H and O–H groups in total. The van der Waals surface area contributed by atoms with Crippen molar-refractivity contribution < 1.29 is 17.5 Å². The summed E-state index contributed by atoms with van der Waals surface area (Å²) in [5, 5.41) is 0.858. The van der Waals surface area contributed by atoms with Crippen LogP contribution in [0.2, 0.25) is 10.0 Å². The van der Waals surface area contributed by atoms with Crippen LogP contribution in [0, 0.1) is 6.92 Å². The van der Waals surface area contributed by atoms with Gasteiger partial charge < -0.3 is 0 Å². The third-order valence-corrected chi connectivity index (χ3v) is 5.05. The number of aromatic nitrogens is 2. The molecule has 1 aromatic heterocycles. The first kappa shape index (κ1) is 16.5. The number of nitrogens with one attached hydrogen (secondary N) is 1. The number of rotatable bonds is 5. The summed E-state index contributed by atoms with van der Waals surface area (Å²) in [5.74, 6) is 0.675. The Hall–Kier alpha value is -0.820. The van der Waals surface area contributed by atoms with Gasteiger partial charge in [-0.25, -0.2) is 9.55 Å². The average molecular weight is 352 g/mol. The van der Waals surface area contributed by atoms with Gasteiger partial charge in [-0.3, -0.25) is 4.55 Å². The quantitative estimate of drug-likeness (QED) is 0.642. The first-order valence-electron chi connectivity index (χ1n) is 6.58. The van der Waals surface area contributed by atoms with Crippen LogP contribution in [-0.2, 0) is 23.1 Å². The highest BCUT2D eigenvalue weighted by Gasteiger charge is 2.22. The van der Waals surface area contributed by atoms with E-state index in [1.165, 1.54) is 0 Å². The predicted molar refractivity (Wildman–Crippen MR) is 83.7 cm³/mol. The summed E-state index contributed by atoms with van der Waals surface area (Å²) in [5.41, 5.74) is 2.60. The fourth-order valence-corrected chi connectivity index (χ4v) is 3.53. The topological polar surface area (TPSA) is 74.0 Å². The van der Waals surface area contributed by atoms with E-state index in [1.807, 2.05) is 13.8 Å². The van der Waals surface area contributed by atoms with Crippen LogP contribution in [0.3, 0.4) is 0 Å². The fraction of sp³-hybridized carbons (Fsp3) is 0.462. The summed E-state index contributed by atoms with van der Waals surface area (Å²) in [6.07, 6.45) is 0.703. The monoisotopic (exact) mass is 351 g/mol. The largest absolute Gasteiger partial charge is 0.286 e. The van der Waals surface area contributed by atoms with Crippen LogP contribution in [-0.4, -0.2) is 23.7 Å². The molecule has 0 radical (unpaired) electrons. The van der Waals surface area contributed by atoms with Crippen molar-refractivity contribution in [3.05, 3.63) is 27.5 Å². The van der Waals surface area contributed by atoms with Crippen molar-refractivity contribution in [1.29, 1.82) is 0 Å². The number of aryl methyl sites for hydroxylation is 3. The van der Waals surface area contributed by atoms with E-state index in [9.17, 15) is 8.42 Å². The third-order valence-electron chi connectivity index (χ3n) is 3.42. The molecule has 8 heteroatoms. The molecule has 0 unspecified atom stereocenters. The van der Waals surface area contributed by atoms with Crippen LogP contribution in [0.4, 0.5) is 0 Å². The lowest BCUT2D eigenvalue weighted by Crippen LogP contribution is -2.35. The third kappa shape index (κ3) is 3.51. The van der Waals surface area contributed by atoms with Gasteiger partial charge in [0, 0.05) is 18.6 Å². The molecule has 0 amide bonds. The summed E-state index contributed by atoms with van der Waals surface area (Å²) in [6.45, 7) is 4.73. The van der Waals surface area contributed by atoms with E-state index in [1.54, 1.807) is 6.07 Å². The van der Waals surface area contributed by atoms with E-state index >= 15 is 0 Å². The molecule has 0 spiro atoms. The Morgan fingerprint density at radius 1 is 1.38 bits per heavy atom. The van der Waals surface area contributed by atoms with Crippen LogP contribution in [0.5, 0.6) is 0 Å². The molecule has 21 heavy (non-hydrogen) atoms. The number of fused-ring (bicyclic) bond motifs is 1. The van der Waals surface area contributed by atoms with Crippen molar-refractivity contribution in [3.63, 3.8) is 0 Å². The summed E-state index contributed by atoms with van der Waals surface area (Å²) in [4.78, 5) is 3.25. The van der Waals surface area contributed by atoms with Gasteiger partial charge in [-0.15, -0.1) is 0 Å². The summed E-state index contributed by atoms with van der Waals surface area (Å²) < 4.78 is 32.6. The molecule has 0 fully saturated rings. The predicted octanol–water partition coefficient (Wildman–Crippen LogP) is 2.91. The molecule has 116 valence electrons. The zero-order valence-electron chi connectivity index (χ0n) is 11.8. The highest BCUT2D eigenvalue weighted by Crippen LogP contribution is 2.32. The lowest BCUT2D eigenvalue weighted by Gasteiger charge is -2.07. The second kappa shape index (κ2) is 6.12. The lowest BCUT2D eigenvalue weighted by atomic mass is 10.1. The molecular weight excluding hydrogens is 335 g/mol. The number of aromatic amines is 1. The highest BCUT2D eigenvalue weighted by molar-refractivity contribution is 7.85. The van der Waals surface area contributed by atoms with Crippen LogP contribution in [0.1, 0.15) is 24.7 Å². The van der Waals surface area contributed by atoms with E-state index in [-0.39, 0.29) is 12.2 Å². The van der Waals surface area contributed by atoms with Gasteiger partial charge in [0.05, 0.1) is 22.3 Å². The Morgan fingerprint density at radius 3 is 2.62 bits per heavy atom. The van der Waals surface area contributed by atoms with Crippen molar-refractivity contribution in [3.8, 4) is 0 Å². The minimum atomic E-state index is -3.97. The molecule has 5 nitrogen and oxygen atoms in total. The van der Waals surface area contributed by atoms with Gasteiger partial charge in [0.25, 0.3) is 15.9 Å². The minimum Gasteiger partial charge on any atom is -0.286 e. The molecular formula is C13H17Cl2N2O3S+. The Morgan fingerprint density at radius 2 is 2.05 bits per heavy atom. The molecule has 0 saturated heterocycles. The number of benzene rings is 1. The first-order valence-corrected chi connectivity index (χ1v) is 8.95.